The highest BCUT2D eigenvalue weighted by Gasteiger charge is 2.21. The fourth-order valence-electron chi connectivity index (χ4n) is 2.27. The minimum Gasteiger partial charge on any atom is -0.352 e. The van der Waals surface area contributed by atoms with E-state index >= 15 is 0 Å². The summed E-state index contributed by atoms with van der Waals surface area (Å²) in [4.78, 5) is 12.2. The summed E-state index contributed by atoms with van der Waals surface area (Å²) in [5.41, 5.74) is 0. The molecule has 0 aromatic carbocycles. The number of aromatic nitrogens is 2. The zero-order valence-electron chi connectivity index (χ0n) is 11.9. The second kappa shape index (κ2) is 8.24. The fourth-order valence-corrected chi connectivity index (χ4v) is 4.87. The van der Waals surface area contributed by atoms with Gasteiger partial charge in [0.2, 0.25) is 5.91 Å². The summed E-state index contributed by atoms with van der Waals surface area (Å²) in [7, 11) is 0. The summed E-state index contributed by atoms with van der Waals surface area (Å²) in [6.45, 7) is 1.94. The quantitative estimate of drug-likeness (QED) is 0.660. The average molecular weight is 332 g/mol. The Morgan fingerprint density at radius 2 is 1.90 bits per heavy atom. The van der Waals surface area contributed by atoms with Gasteiger partial charge in [-0.2, -0.15) is 0 Å². The number of carbonyl (C=O) groups excluding carboxylic acids is 1. The van der Waals surface area contributed by atoms with Gasteiger partial charge in [-0.25, -0.2) is 0 Å². The molecule has 1 heterocycles. The van der Waals surface area contributed by atoms with Gasteiger partial charge >= 0.3 is 0 Å². The lowest BCUT2D eigenvalue weighted by Gasteiger charge is -2.18. The summed E-state index contributed by atoms with van der Waals surface area (Å²) >= 11 is 4.64. The molecule has 0 spiro atoms. The first-order valence-electron chi connectivity index (χ1n) is 7.03. The minimum atomic E-state index is -0.110. The molecule has 1 aliphatic carbocycles. The normalized spacial score (nSPS) is 18.5. The SMILES string of the molecule is CSc1nnc(SC(C)C(=O)NC2CCCCCC2)s1. The number of hydrogen-bond donors (Lipinski definition) is 1. The van der Waals surface area contributed by atoms with Gasteiger partial charge in [-0.15, -0.1) is 10.2 Å². The molecule has 1 unspecified atom stereocenters. The van der Waals surface area contributed by atoms with Crippen molar-refractivity contribution in [2.45, 2.75) is 65.4 Å². The third-order valence-electron chi connectivity index (χ3n) is 3.41. The molecule has 0 radical (unpaired) electrons. The maximum absolute atomic E-state index is 12.2. The van der Waals surface area contributed by atoms with E-state index in [9.17, 15) is 4.79 Å². The number of amides is 1. The molecule has 0 bridgehead atoms. The molecular weight excluding hydrogens is 310 g/mol. The van der Waals surface area contributed by atoms with Crippen molar-refractivity contribution >= 4 is 40.8 Å². The van der Waals surface area contributed by atoms with Crippen molar-refractivity contribution in [3.05, 3.63) is 0 Å². The van der Waals surface area contributed by atoms with Gasteiger partial charge in [0.05, 0.1) is 5.25 Å². The van der Waals surface area contributed by atoms with Crippen molar-refractivity contribution in [3.63, 3.8) is 0 Å². The van der Waals surface area contributed by atoms with E-state index in [4.69, 9.17) is 0 Å². The Morgan fingerprint density at radius 1 is 1.25 bits per heavy atom. The topological polar surface area (TPSA) is 54.9 Å². The van der Waals surface area contributed by atoms with Crippen LogP contribution in [0.2, 0.25) is 0 Å². The van der Waals surface area contributed by atoms with E-state index in [1.165, 1.54) is 37.4 Å². The van der Waals surface area contributed by atoms with E-state index in [2.05, 4.69) is 15.5 Å². The number of nitrogens with one attached hydrogen (secondary N) is 1. The summed E-state index contributed by atoms with van der Waals surface area (Å²) in [5.74, 6) is 0.128. The minimum absolute atomic E-state index is 0.110. The molecule has 0 saturated heterocycles. The Labute approximate surface area is 132 Å². The van der Waals surface area contributed by atoms with Crippen LogP contribution >= 0.6 is 34.9 Å². The van der Waals surface area contributed by atoms with Crippen LogP contribution in [0, 0.1) is 0 Å². The van der Waals surface area contributed by atoms with Crippen LogP contribution in [-0.4, -0.2) is 33.7 Å². The van der Waals surface area contributed by atoms with Crippen LogP contribution in [0.5, 0.6) is 0 Å². The van der Waals surface area contributed by atoms with Gasteiger partial charge in [0.15, 0.2) is 8.68 Å². The smallest absolute Gasteiger partial charge is 0.233 e. The van der Waals surface area contributed by atoms with Gasteiger partial charge in [0.25, 0.3) is 0 Å². The summed E-state index contributed by atoms with van der Waals surface area (Å²) in [5, 5.41) is 11.2. The van der Waals surface area contributed by atoms with Crippen LogP contribution in [0.25, 0.3) is 0 Å². The third kappa shape index (κ3) is 4.93. The zero-order valence-corrected chi connectivity index (χ0v) is 14.4. The largest absolute Gasteiger partial charge is 0.352 e. The Morgan fingerprint density at radius 3 is 2.50 bits per heavy atom. The Bertz CT molecular complexity index is 430. The second-order valence-electron chi connectivity index (χ2n) is 5.00. The van der Waals surface area contributed by atoms with Crippen LogP contribution in [0.1, 0.15) is 45.4 Å². The summed E-state index contributed by atoms with van der Waals surface area (Å²) < 4.78 is 1.82. The molecule has 1 fully saturated rings. The van der Waals surface area contributed by atoms with Crippen LogP contribution < -0.4 is 5.32 Å². The Kier molecular flexibility index (Phi) is 6.64. The molecule has 1 aromatic rings. The maximum Gasteiger partial charge on any atom is 0.233 e. The lowest BCUT2D eigenvalue weighted by Crippen LogP contribution is -2.39. The number of nitrogens with zero attached hydrogens (tertiary/aromatic N) is 2. The Hall–Kier alpha value is -0.270. The van der Waals surface area contributed by atoms with Gasteiger partial charge < -0.3 is 5.32 Å². The standard InChI is InChI=1S/C13H21N3OS3/c1-9(19-13-16-15-12(18-2)20-13)11(17)14-10-7-5-3-4-6-8-10/h9-10H,3-8H2,1-2H3,(H,14,17). The van der Waals surface area contributed by atoms with Crippen molar-refractivity contribution in [1.82, 2.24) is 15.5 Å². The highest BCUT2D eigenvalue weighted by atomic mass is 32.2. The molecule has 1 aliphatic rings. The van der Waals surface area contributed by atoms with Crippen LogP contribution in [-0.2, 0) is 4.79 Å². The molecule has 1 saturated carbocycles. The predicted octanol–water partition coefficient (Wildman–Crippen LogP) is 3.58. The lowest BCUT2D eigenvalue weighted by molar-refractivity contribution is -0.121. The fraction of sp³-hybridized carbons (Fsp3) is 0.769. The van der Waals surface area contributed by atoms with Crippen molar-refractivity contribution < 1.29 is 4.79 Å². The van der Waals surface area contributed by atoms with Crippen molar-refractivity contribution in [3.8, 4) is 0 Å². The van der Waals surface area contributed by atoms with E-state index in [0.29, 0.717) is 6.04 Å². The van der Waals surface area contributed by atoms with Crippen LogP contribution in [0.3, 0.4) is 0 Å². The third-order valence-corrected chi connectivity index (χ3v) is 6.49. The van der Waals surface area contributed by atoms with Gasteiger partial charge in [0, 0.05) is 6.04 Å². The maximum atomic E-state index is 12.2. The molecule has 4 nitrogen and oxygen atoms in total. The van der Waals surface area contributed by atoms with E-state index in [0.717, 1.165) is 21.5 Å². The first-order valence-corrected chi connectivity index (χ1v) is 9.95. The predicted molar refractivity (Wildman–Crippen MR) is 86.6 cm³/mol. The van der Waals surface area contributed by atoms with Crippen molar-refractivity contribution in [2.24, 2.45) is 0 Å². The monoisotopic (exact) mass is 331 g/mol. The van der Waals surface area contributed by atoms with E-state index in [1.54, 1.807) is 23.1 Å². The molecule has 1 N–H and O–H groups in total. The zero-order chi connectivity index (χ0) is 14.4. The van der Waals surface area contributed by atoms with Gasteiger partial charge in [-0.1, -0.05) is 60.5 Å². The van der Waals surface area contributed by atoms with Gasteiger partial charge in [0.1, 0.15) is 0 Å². The second-order valence-corrected chi connectivity index (χ2v) is 8.61. The number of thioether (sulfide) groups is 2. The summed E-state index contributed by atoms with van der Waals surface area (Å²) in [6, 6.07) is 0.365. The van der Waals surface area contributed by atoms with Crippen LogP contribution in [0.4, 0.5) is 0 Å². The first-order chi connectivity index (χ1) is 9.69. The molecule has 7 heteroatoms. The van der Waals surface area contributed by atoms with Crippen molar-refractivity contribution in [1.29, 1.82) is 0 Å². The number of rotatable bonds is 5. The van der Waals surface area contributed by atoms with E-state index < -0.39 is 0 Å². The van der Waals surface area contributed by atoms with Crippen LogP contribution in [0.15, 0.2) is 8.68 Å². The Balaban J connectivity index is 1.81. The van der Waals surface area contributed by atoms with Crippen molar-refractivity contribution in [2.75, 3.05) is 6.26 Å². The molecule has 112 valence electrons. The molecule has 1 atom stereocenters. The van der Waals surface area contributed by atoms with Gasteiger partial charge in [-0.05, 0) is 26.0 Å². The average Bonchev–Trinajstić information content (AvgIpc) is 2.74. The highest BCUT2D eigenvalue weighted by molar-refractivity contribution is 8.03. The number of hydrogen-bond acceptors (Lipinski definition) is 6. The molecule has 2 rings (SSSR count). The lowest BCUT2D eigenvalue weighted by atomic mass is 10.1. The molecule has 1 aromatic heterocycles. The summed E-state index contributed by atoms with van der Waals surface area (Å²) in [6.07, 6.45) is 9.31. The molecule has 20 heavy (non-hydrogen) atoms. The highest BCUT2D eigenvalue weighted by Crippen LogP contribution is 2.30. The molecular formula is C13H21N3OS3. The first kappa shape index (κ1) is 16.1. The van der Waals surface area contributed by atoms with E-state index in [1.807, 2.05) is 13.2 Å². The number of carbonyl (C=O) groups is 1. The van der Waals surface area contributed by atoms with Gasteiger partial charge in [-0.3, -0.25) is 4.79 Å². The molecule has 0 aliphatic heterocycles. The van der Waals surface area contributed by atoms with E-state index in [-0.39, 0.29) is 11.2 Å². The molecule has 1 amide bonds.